The molecule has 0 aromatic heterocycles. The van der Waals surface area contributed by atoms with E-state index in [4.69, 9.17) is 9.84 Å². The third-order valence-corrected chi connectivity index (χ3v) is 3.11. The van der Waals surface area contributed by atoms with Crippen LogP contribution in [0.1, 0.15) is 32.6 Å². The Balaban J connectivity index is 2.12. The fraction of sp³-hybridized carbons (Fsp3) is 0.750. The van der Waals surface area contributed by atoms with E-state index in [0.717, 1.165) is 6.42 Å². The summed E-state index contributed by atoms with van der Waals surface area (Å²) in [6, 6.07) is -0.542. The third kappa shape index (κ3) is 6.19. The van der Waals surface area contributed by atoms with Crippen molar-refractivity contribution in [1.29, 1.82) is 0 Å². The minimum atomic E-state index is -0.951. The van der Waals surface area contributed by atoms with E-state index in [1.165, 1.54) is 0 Å². The van der Waals surface area contributed by atoms with Crippen molar-refractivity contribution < 1.29 is 24.2 Å². The second kappa shape index (κ2) is 7.73. The van der Waals surface area contributed by atoms with Crippen LogP contribution < -0.4 is 10.6 Å². The van der Waals surface area contributed by atoms with Gasteiger partial charge < -0.3 is 15.2 Å². The van der Waals surface area contributed by atoms with Crippen LogP contribution in [-0.2, 0) is 14.3 Å². The molecule has 0 radical (unpaired) electrons. The third-order valence-electron chi connectivity index (χ3n) is 3.11. The minimum absolute atomic E-state index is 0.0304. The fourth-order valence-corrected chi connectivity index (χ4v) is 1.90. The highest BCUT2D eigenvalue weighted by molar-refractivity contribution is 5.94. The molecule has 19 heavy (non-hydrogen) atoms. The minimum Gasteiger partial charge on any atom is -0.481 e. The molecule has 108 valence electrons. The molecular weight excluding hydrogens is 252 g/mol. The Morgan fingerprint density at radius 1 is 1.32 bits per heavy atom. The standard InChI is InChI=1S/C12H20N2O5/c1-8-9(5-6-19-8)7-13-12(18)14-10(15)3-2-4-11(16)17/h8-9H,2-7H2,1H3,(H,16,17)(H2,13,14,15,18). The number of rotatable bonds is 6. The molecule has 2 unspecified atom stereocenters. The second-order valence-corrected chi connectivity index (χ2v) is 4.63. The van der Waals surface area contributed by atoms with Crippen molar-refractivity contribution in [2.75, 3.05) is 13.2 Å². The smallest absolute Gasteiger partial charge is 0.321 e. The molecule has 1 aliphatic heterocycles. The number of imide groups is 1. The van der Waals surface area contributed by atoms with Crippen molar-refractivity contribution in [2.24, 2.45) is 5.92 Å². The number of carboxylic acids is 1. The van der Waals surface area contributed by atoms with Gasteiger partial charge in [-0.3, -0.25) is 14.9 Å². The molecule has 0 spiro atoms. The van der Waals surface area contributed by atoms with Crippen LogP contribution in [0, 0.1) is 5.92 Å². The van der Waals surface area contributed by atoms with E-state index in [1.54, 1.807) is 0 Å². The maximum Gasteiger partial charge on any atom is 0.321 e. The highest BCUT2D eigenvalue weighted by Crippen LogP contribution is 2.19. The molecule has 2 atom stereocenters. The zero-order valence-corrected chi connectivity index (χ0v) is 11.0. The van der Waals surface area contributed by atoms with Crippen LogP contribution >= 0.6 is 0 Å². The maximum atomic E-state index is 11.4. The highest BCUT2D eigenvalue weighted by Gasteiger charge is 2.24. The van der Waals surface area contributed by atoms with Gasteiger partial charge in [-0.1, -0.05) is 0 Å². The molecule has 1 fully saturated rings. The number of hydrogen-bond acceptors (Lipinski definition) is 4. The molecular formula is C12H20N2O5. The van der Waals surface area contributed by atoms with Gasteiger partial charge in [-0.05, 0) is 19.8 Å². The van der Waals surface area contributed by atoms with Gasteiger partial charge in [0, 0.05) is 31.9 Å². The summed E-state index contributed by atoms with van der Waals surface area (Å²) in [5.41, 5.74) is 0. The molecule has 0 saturated carbocycles. The molecule has 0 aromatic carbocycles. The molecule has 1 aliphatic rings. The second-order valence-electron chi connectivity index (χ2n) is 4.63. The number of ether oxygens (including phenoxy) is 1. The first-order valence-electron chi connectivity index (χ1n) is 6.40. The Labute approximate surface area is 111 Å². The van der Waals surface area contributed by atoms with Gasteiger partial charge in [0.25, 0.3) is 0 Å². The van der Waals surface area contributed by atoms with E-state index in [9.17, 15) is 14.4 Å². The summed E-state index contributed by atoms with van der Waals surface area (Å²) in [5, 5.41) is 13.2. The van der Waals surface area contributed by atoms with Crippen LogP contribution in [0.25, 0.3) is 0 Å². The van der Waals surface area contributed by atoms with E-state index in [0.29, 0.717) is 13.2 Å². The lowest BCUT2D eigenvalue weighted by Gasteiger charge is -2.14. The van der Waals surface area contributed by atoms with Crippen LogP contribution in [0.2, 0.25) is 0 Å². The molecule has 7 nitrogen and oxygen atoms in total. The van der Waals surface area contributed by atoms with Gasteiger partial charge in [0.2, 0.25) is 5.91 Å². The van der Waals surface area contributed by atoms with Crippen molar-refractivity contribution in [3.05, 3.63) is 0 Å². The number of aliphatic carboxylic acids is 1. The number of carboxylic acid groups (broad SMARTS) is 1. The van der Waals surface area contributed by atoms with E-state index in [2.05, 4.69) is 10.6 Å². The first kappa shape index (κ1) is 15.4. The number of urea groups is 1. The van der Waals surface area contributed by atoms with Crippen LogP contribution in [0.15, 0.2) is 0 Å². The first-order chi connectivity index (χ1) is 8.99. The summed E-state index contributed by atoms with van der Waals surface area (Å²) in [4.78, 5) is 33.0. The zero-order valence-electron chi connectivity index (χ0n) is 11.0. The summed E-state index contributed by atoms with van der Waals surface area (Å²) in [6.45, 7) is 3.12. The normalized spacial score (nSPS) is 21.9. The lowest BCUT2D eigenvalue weighted by Crippen LogP contribution is -2.42. The largest absolute Gasteiger partial charge is 0.481 e. The zero-order chi connectivity index (χ0) is 14.3. The van der Waals surface area contributed by atoms with E-state index >= 15 is 0 Å². The fourth-order valence-electron chi connectivity index (χ4n) is 1.90. The summed E-state index contributed by atoms with van der Waals surface area (Å²) >= 11 is 0. The lowest BCUT2D eigenvalue weighted by molar-refractivity contribution is -0.137. The Morgan fingerprint density at radius 3 is 2.63 bits per heavy atom. The van der Waals surface area contributed by atoms with Crippen LogP contribution in [0.5, 0.6) is 0 Å². The number of carbonyl (C=O) groups is 3. The van der Waals surface area contributed by atoms with Gasteiger partial charge in [-0.25, -0.2) is 4.79 Å². The predicted molar refractivity (Wildman–Crippen MR) is 66.5 cm³/mol. The molecule has 0 bridgehead atoms. The van der Waals surface area contributed by atoms with Crippen molar-refractivity contribution in [1.82, 2.24) is 10.6 Å². The van der Waals surface area contributed by atoms with Gasteiger partial charge in [0.1, 0.15) is 0 Å². The molecule has 3 N–H and O–H groups in total. The highest BCUT2D eigenvalue weighted by atomic mass is 16.5. The van der Waals surface area contributed by atoms with Crippen molar-refractivity contribution in [3.63, 3.8) is 0 Å². The molecule has 0 aromatic rings. The Hall–Kier alpha value is -1.63. The summed E-state index contributed by atoms with van der Waals surface area (Å²) in [5.74, 6) is -1.14. The Kier molecular flexibility index (Phi) is 6.27. The Morgan fingerprint density at radius 2 is 2.05 bits per heavy atom. The van der Waals surface area contributed by atoms with Gasteiger partial charge in [-0.15, -0.1) is 0 Å². The molecule has 1 rings (SSSR count). The van der Waals surface area contributed by atoms with Crippen LogP contribution in [-0.4, -0.2) is 42.3 Å². The lowest BCUT2D eigenvalue weighted by atomic mass is 10.0. The van der Waals surface area contributed by atoms with E-state index in [1.807, 2.05) is 6.92 Å². The van der Waals surface area contributed by atoms with Crippen LogP contribution in [0.4, 0.5) is 4.79 Å². The molecule has 1 saturated heterocycles. The number of nitrogens with one attached hydrogen (secondary N) is 2. The average molecular weight is 272 g/mol. The van der Waals surface area contributed by atoms with E-state index in [-0.39, 0.29) is 31.3 Å². The molecule has 3 amide bonds. The van der Waals surface area contributed by atoms with Crippen molar-refractivity contribution in [2.45, 2.75) is 38.7 Å². The predicted octanol–water partition coefficient (Wildman–Crippen LogP) is 0.492. The average Bonchev–Trinajstić information content (AvgIpc) is 2.71. The molecule has 1 heterocycles. The van der Waals surface area contributed by atoms with Crippen molar-refractivity contribution >= 4 is 17.9 Å². The number of amides is 3. The topological polar surface area (TPSA) is 105 Å². The number of hydrogen-bond donors (Lipinski definition) is 3. The van der Waals surface area contributed by atoms with Crippen LogP contribution in [0.3, 0.4) is 0 Å². The molecule has 7 heteroatoms. The van der Waals surface area contributed by atoms with Gasteiger partial charge >= 0.3 is 12.0 Å². The van der Waals surface area contributed by atoms with Gasteiger partial charge in [-0.2, -0.15) is 0 Å². The number of carbonyl (C=O) groups excluding carboxylic acids is 2. The van der Waals surface area contributed by atoms with Gasteiger partial charge in [0.15, 0.2) is 0 Å². The first-order valence-corrected chi connectivity index (χ1v) is 6.40. The van der Waals surface area contributed by atoms with E-state index < -0.39 is 17.9 Å². The van der Waals surface area contributed by atoms with Gasteiger partial charge in [0.05, 0.1) is 6.10 Å². The SMILES string of the molecule is CC1OCCC1CNC(=O)NC(=O)CCCC(=O)O. The maximum absolute atomic E-state index is 11.4. The Bertz CT molecular complexity index is 345. The summed E-state index contributed by atoms with van der Waals surface area (Å²) in [7, 11) is 0. The summed E-state index contributed by atoms with van der Waals surface area (Å²) < 4.78 is 5.36. The van der Waals surface area contributed by atoms with Crippen molar-refractivity contribution in [3.8, 4) is 0 Å². The molecule has 0 aliphatic carbocycles. The quantitative estimate of drug-likeness (QED) is 0.652. The summed E-state index contributed by atoms with van der Waals surface area (Å²) in [6.07, 6.45) is 1.19. The monoisotopic (exact) mass is 272 g/mol.